The molecule has 0 amide bonds. The van der Waals surface area contributed by atoms with E-state index in [1.807, 2.05) is 0 Å². The predicted octanol–water partition coefficient (Wildman–Crippen LogP) is -0.679. The second-order valence-electron chi connectivity index (χ2n) is 4.01. The van der Waals surface area contributed by atoms with E-state index in [0.717, 1.165) is 6.54 Å². The van der Waals surface area contributed by atoms with E-state index in [1.54, 1.807) is 7.11 Å². The Morgan fingerprint density at radius 1 is 1.35 bits per heavy atom. The summed E-state index contributed by atoms with van der Waals surface area (Å²) in [6.45, 7) is 3.45. The second kappa shape index (κ2) is 7.99. The van der Waals surface area contributed by atoms with Gasteiger partial charge in [-0.25, -0.2) is 13.1 Å². The third-order valence-electron chi connectivity index (χ3n) is 2.65. The Hall–Kier alpha value is -0.210. The highest BCUT2D eigenvalue weighted by Gasteiger charge is 2.27. The lowest BCUT2D eigenvalue weighted by Gasteiger charge is -2.11. The van der Waals surface area contributed by atoms with Gasteiger partial charge in [0.1, 0.15) is 0 Å². The van der Waals surface area contributed by atoms with E-state index in [2.05, 4.69) is 10.0 Å². The highest BCUT2D eigenvalue weighted by molar-refractivity contribution is 7.90. The SMILES string of the molecule is COCCOCCCNS(=O)(=O)C1CCNC1. The van der Waals surface area contributed by atoms with Crippen molar-refractivity contribution in [2.75, 3.05) is 46.6 Å². The summed E-state index contributed by atoms with van der Waals surface area (Å²) in [5, 5.41) is 2.76. The Labute approximate surface area is 103 Å². The largest absolute Gasteiger partial charge is 0.382 e. The lowest BCUT2D eigenvalue weighted by atomic mass is 10.4. The van der Waals surface area contributed by atoms with Crippen molar-refractivity contribution in [2.24, 2.45) is 0 Å². The molecule has 17 heavy (non-hydrogen) atoms. The molecule has 102 valence electrons. The van der Waals surface area contributed by atoms with Crippen LogP contribution in [0.3, 0.4) is 0 Å². The average molecular weight is 266 g/mol. The van der Waals surface area contributed by atoms with Crippen LogP contribution in [0, 0.1) is 0 Å². The second-order valence-corrected chi connectivity index (χ2v) is 6.06. The first-order chi connectivity index (χ1) is 8.17. The topological polar surface area (TPSA) is 76.7 Å². The van der Waals surface area contributed by atoms with Crippen LogP contribution in [-0.4, -0.2) is 60.2 Å². The van der Waals surface area contributed by atoms with E-state index < -0.39 is 10.0 Å². The van der Waals surface area contributed by atoms with Gasteiger partial charge >= 0.3 is 0 Å². The van der Waals surface area contributed by atoms with E-state index >= 15 is 0 Å². The van der Waals surface area contributed by atoms with Gasteiger partial charge < -0.3 is 14.8 Å². The minimum absolute atomic E-state index is 0.281. The van der Waals surface area contributed by atoms with Crippen molar-refractivity contribution >= 4 is 10.0 Å². The smallest absolute Gasteiger partial charge is 0.215 e. The number of methoxy groups -OCH3 is 1. The first kappa shape index (κ1) is 14.8. The molecule has 0 aliphatic carbocycles. The lowest BCUT2D eigenvalue weighted by molar-refractivity contribution is 0.0699. The number of sulfonamides is 1. The quantitative estimate of drug-likeness (QED) is 0.541. The molecule has 1 atom stereocenters. The zero-order valence-corrected chi connectivity index (χ0v) is 11.1. The summed E-state index contributed by atoms with van der Waals surface area (Å²) in [6.07, 6.45) is 1.38. The molecule has 0 aromatic heterocycles. The molecule has 7 heteroatoms. The van der Waals surface area contributed by atoms with Crippen molar-refractivity contribution in [3.63, 3.8) is 0 Å². The van der Waals surface area contributed by atoms with E-state index in [-0.39, 0.29) is 5.25 Å². The van der Waals surface area contributed by atoms with Crippen molar-refractivity contribution < 1.29 is 17.9 Å². The standard InChI is InChI=1S/C10H22N2O4S/c1-15-7-8-16-6-2-4-12-17(13,14)10-3-5-11-9-10/h10-12H,2-9H2,1H3. The Balaban J connectivity index is 2.05. The third-order valence-corrected chi connectivity index (χ3v) is 4.54. The minimum atomic E-state index is -3.15. The van der Waals surface area contributed by atoms with Crippen molar-refractivity contribution in [1.82, 2.24) is 10.0 Å². The van der Waals surface area contributed by atoms with Crippen LogP contribution in [0.4, 0.5) is 0 Å². The number of nitrogens with one attached hydrogen (secondary N) is 2. The van der Waals surface area contributed by atoms with Gasteiger partial charge in [-0.1, -0.05) is 0 Å². The van der Waals surface area contributed by atoms with Crippen molar-refractivity contribution in [1.29, 1.82) is 0 Å². The molecule has 0 aromatic carbocycles. The van der Waals surface area contributed by atoms with E-state index in [9.17, 15) is 8.42 Å². The summed E-state index contributed by atoms with van der Waals surface area (Å²) in [5.41, 5.74) is 0. The molecule has 1 unspecified atom stereocenters. The van der Waals surface area contributed by atoms with Crippen LogP contribution in [0.2, 0.25) is 0 Å². The van der Waals surface area contributed by atoms with Gasteiger partial charge in [-0.3, -0.25) is 0 Å². The van der Waals surface area contributed by atoms with Gasteiger partial charge in [0, 0.05) is 26.8 Å². The average Bonchev–Trinajstić information content (AvgIpc) is 2.82. The third kappa shape index (κ3) is 5.78. The lowest BCUT2D eigenvalue weighted by Crippen LogP contribution is -2.36. The highest BCUT2D eigenvalue weighted by Crippen LogP contribution is 2.07. The van der Waals surface area contributed by atoms with Crippen LogP contribution in [0.1, 0.15) is 12.8 Å². The van der Waals surface area contributed by atoms with Crippen LogP contribution in [0.5, 0.6) is 0 Å². The Bertz CT molecular complexity index is 289. The van der Waals surface area contributed by atoms with Gasteiger partial charge in [-0.15, -0.1) is 0 Å². The molecule has 1 heterocycles. The molecule has 1 fully saturated rings. The van der Waals surface area contributed by atoms with Gasteiger partial charge in [0.25, 0.3) is 0 Å². The van der Waals surface area contributed by atoms with Crippen LogP contribution in [0.25, 0.3) is 0 Å². The molecular formula is C10H22N2O4S. The molecule has 2 N–H and O–H groups in total. The Kier molecular flexibility index (Phi) is 6.98. The number of hydrogen-bond donors (Lipinski definition) is 2. The summed E-state index contributed by atoms with van der Waals surface area (Å²) in [7, 11) is -1.53. The fourth-order valence-electron chi connectivity index (χ4n) is 1.64. The summed E-state index contributed by atoms with van der Waals surface area (Å²) in [6, 6.07) is 0. The maximum Gasteiger partial charge on any atom is 0.215 e. The highest BCUT2D eigenvalue weighted by atomic mass is 32.2. The molecule has 1 rings (SSSR count). The number of hydrogen-bond acceptors (Lipinski definition) is 5. The first-order valence-corrected chi connectivity index (χ1v) is 7.47. The van der Waals surface area contributed by atoms with Gasteiger partial charge in [0.15, 0.2) is 0 Å². The summed E-state index contributed by atoms with van der Waals surface area (Å²) >= 11 is 0. The van der Waals surface area contributed by atoms with Gasteiger partial charge in [-0.2, -0.15) is 0 Å². The molecule has 0 aromatic rings. The summed E-state index contributed by atoms with van der Waals surface area (Å²) in [5.74, 6) is 0. The molecular weight excluding hydrogens is 244 g/mol. The fraction of sp³-hybridized carbons (Fsp3) is 1.00. The van der Waals surface area contributed by atoms with E-state index in [4.69, 9.17) is 9.47 Å². The maximum atomic E-state index is 11.8. The van der Waals surface area contributed by atoms with Crippen molar-refractivity contribution in [2.45, 2.75) is 18.1 Å². The zero-order chi connectivity index (χ0) is 12.6. The Morgan fingerprint density at radius 2 is 2.18 bits per heavy atom. The first-order valence-electron chi connectivity index (χ1n) is 5.92. The fourth-order valence-corrected chi connectivity index (χ4v) is 3.07. The molecule has 1 aliphatic heterocycles. The van der Waals surface area contributed by atoms with Crippen LogP contribution < -0.4 is 10.0 Å². The maximum absolute atomic E-state index is 11.8. The minimum Gasteiger partial charge on any atom is -0.382 e. The van der Waals surface area contributed by atoms with Crippen LogP contribution in [-0.2, 0) is 19.5 Å². The van der Waals surface area contributed by atoms with Crippen molar-refractivity contribution in [3.05, 3.63) is 0 Å². The molecule has 6 nitrogen and oxygen atoms in total. The van der Waals surface area contributed by atoms with Crippen molar-refractivity contribution in [3.8, 4) is 0 Å². The van der Waals surface area contributed by atoms with Gasteiger partial charge in [0.2, 0.25) is 10.0 Å². The zero-order valence-electron chi connectivity index (χ0n) is 10.3. The predicted molar refractivity (Wildman–Crippen MR) is 65.5 cm³/mol. The summed E-state index contributed by atoms with van der Waals surface area (Å²) < 4.78 is 36.2. The van der Waals surface area contributed by atoms with Crippen LogP contribution in [0.15, 0.2) is 0 Å². The number of ether oxygens (including phenoxy) is 2. The van der Waals surface area contributed by atoms with Gasteiger partial charge in [-0.05, 0) is 19.4 Å². The Morgan fingerprint density at radius 3 is 2.82 bits per heavy atom. The summed E-state index contributed by atoms with van der Waals surface area (Å²) in [4.78, 5) is 0. The van der Waals surface area contributed by atoms with Crippen LogP contribution >= 0.6 is 0 Å². The number of rotatable bonds is 9. The molecule has 0 saturated carbocycles. The molecule has 1 aliphatic rings. The van der Waals surface area contributed by atoms with E-state index in [0.29, 0.717) is 45.8 Å². The normalized spacial score (nSPS) is 20.9. The van der Waals surface area contributed by atoms with Gasteiger partial charge in [0.05, 0.1) is 18.5 Å². The monoisotopic (exact) mass is 266 g/mol. The molecule has 1 saturated heterocycles. The molecule has 0 radical (unpaired) electrons. The molecule has 0 spiro atoms. The molecule has 0 bridgehead atoms. The van der Waals surface area contributed by atoms with E-state index in [1.165, 1.54) is 0 Å².